The maximum Gasteiger partial charge on any atom is 0.354 e. The van der Waals surface area contributed by atoms with Crippen LogP contribution < -0.4 is 5.32 Å². The lowest BCUT2D eigenvalue weighted by Crippen LogP contribution is -2.34. The van der Waals surface area contributed by atoms with E-state index in [1.807, 2.05) is 24.3 Å². The first kappa shape index (κ1) is 13.8. The van der Waals surface area contributed by atoms with Crippen molar-refractivity contribution in [1.29, 1.82) is 0 Å². The summed E-state index contributed by atoms with van der Waals surface area (Å²) in [6, 6.07) is 9.12. The zero-order valence-corrected chi connectivity index (χ0v) is 11.4. The van der Waals surface area contributed by atoms with Crippen LogP contribution in [0.5, 0.6) is 0 Å². The minimum atomic E-state index is -1.04. The number of hydrogen-bond acceptors (Lipinski definition) is 5. The predicted molar refractivity (Wildman–Crippen MR) is 77.8 cm³/mol. The first-order valence-corrected chi connectivity index (χ1v) is 6.80. The van der Waals surface area contributed by atoms with Crippen molar-refractivity contribution in [2.45, 2.75) is 6.10 Å². The van der Waals surface area contributed by atoms with Crippen LogP contribution in [0.3, 0.4) is 0 Å². The van der Waals surface area contributed by atoms with Gasteiger partial charge in [-0.2, -0.15) is 0 Å². The highest BCUT2D eigenvalue weighted by Gasteiger charge is 2.16. The third-order valence-corrected chi connectivity index (χ3v) is 3.34. The number of hydrogen-bond donors (Lipinski definition) is 2. The van der Waals surface area contributed by atoms with E-state index >= 15 is 0 Å². The molecule has 3 rings (SSSR count). The predicted octanol–water partition coefficient (Wildman–Crippen LogP) is 1.76. The van der Waals surface area contributed by atoms with Crippen molar-refractivity contribution in [2.24, 2.45) is 0 Å². The van der Waals surface area contributed by atoms with Crippen LogP contribution in [0.4, 0.5) is 5.82 Å². The van der Waals surface area contributed by atoms with E-state index in [1.165, 1.54) is 0 Å². The van der Waals surface area contributed by atoms with E-state index in [-0.39, 0.29) is 11.8 Å². The molecule has 1 saturated heterocycles. The number of fused-ring (bicyclic) bond motifs is 1. The largest absolute Gasteiger partial charge is 0.477 e. The lowest BCUT2D eigenvalue weighted by molar-refractivity contribution is -0.0819. The summed E-state index contributed by atoms with van der Waals surface area (Å²) in [6.45, 7) is 2.26. The minimum absolute atomic E-state index is 0.0250. The summed E-state index contributed by atoms with van der Waals surface area (Å²) in [4.78, 5) is 15.3. The molecule has 110 valence electrons. The molecule has 0 saturated carbocycles. The fourth-order valence-electron chi connectivity index (χ4n) is 2.31. The first-order chi connectivity index (χ1) is 10.2. The van der Waals surface area contributed by atoms with Gasteiger partial charge in [0.15, 0.2) is 5.69 Å². The van der Waals surface area contributed by atoms with Gasteiger partial charge >= 0.3 is 5.97 Å². The topological polar surface area (TPSA) is 80.7 Å². The van der Waals surface area contributed by atoms with E-state index in [1.54, 1.807) is 6.07 Å². The molecule has 1 aliphatic rings. The summed E-state index contributed by atoms with van der Waals surface area (Å²) in [6.07, 6.45) is -0.0483. The summed E-state index contributed by atoms with van der Waals surface area (Å²) < 4.78 is 10.9. The van der Waals surface area contributed by atoms with Gasteiger partial charge in [-0.05, 0) is 11.5 Å². The minimum Gasteiger partial charge on any atom is -0.477 e. The Morgan fingerprint density at radius 1 is 1.38 bits per heavy atom. The van der Waals surface area contributed by atoms with Crippen molar-refractivity contribution in [3.05, 3.63) is 36.0 Å². The van der Waals surface area contributed by atoms with Crippen molar-refractivity contribution in [1.82, 2.24) is 4.98 Å². The summed E-state index contributed by atoms with van der Waals surface area (Å²) in [5, 5.41) is 14.1. The quantitative estimate of drug-likeness (QED) is 0.892. The van der Waals surface area contributed by atoms with Gasteiger partial charge in [0.05, 0.1) is 25.9 Å². The Labute approximate surface area is 121 Å². The van der Waals surface area contributed by atoms with Crippen LogP contribution >= 0.6 is 0 Å². The molecule has 1 fully saturated rings. The molecule has 6 nitrogen and oxygen atoms in total. The number of aromatic carboxylic acids is 1. The molecule has 0 bridgehead atoms. The molecule has 21 heavy (non-hydrogen) atoms. The third kappa shape index (κ3) is 3.12. The molecule has 2 aromatic rings. The number of carboxylic acid groups (broad SMARTS) is 1. The van der Waals surface area contributed by atoms with E-state index in [0.29, 0.717) is 32.2 Å². The molecular formula is C15H16N2O4. The highest BCUT2D eigenvalue weighted by atomic mass is 16.6. The number of anilines is 1. The van der Waals surface area contributed by atoms with Crippen LogP contribution in [-0.2, 0) is 9.47 Å². The zero-order valence-electron chi connectivity index (χ0n) is 11.4. The van der Waals surface area contributed by atoms with Gasteiger partial charge in [-0.25, -0.2) is 9.78 Å². The van der Waals surface area contributed by atoms with Gasteiger partial charge in [-0.3, -0.25) is 0 Å². The fourth-order valence-corrected chi connectivity index (χ4v) is 2.31. The average molecular weight is 288 g/mol. The van der Waals surface area contributed by atoms with E-state index in [2.05, 4.69) is 10.3 Å². The molecule has 1 aromatic heterocycles. The molecule has 1 unspecified atom stereocenters. The Balaban J connectivity index is 1.86. The maximum atomic E-state index is 11.2. The van der Waals surface area contributed by atoms with Gasteiger partial charge < -0.3 is 19.9 Å². The standard InChI is InChI=1S/C15H16N2O4/c18-15(19)13-7-10-3-1-2-4-12(10)14(17-13)16-8-11-9-20-5-6-21-11/h1-4,7,11H,5-6,8-9H2,(H,16,17)(H,18,19). The monoisotopic (exact) mass is 288 g/mol. The number of carboxylic acids is 1. The summed E-state index contributed by atoms with van der Waals surface area (Å²) in [7, 11) is 0. The summed E-state index contributed by atoms with van der Waals surface area (Å²) in [5.74, 6) is -0.485. The number of nitrogens with zero attached hydrogens (tertiary/aromatic N) is 1. The SMILES string of the molecule is O=C(O)c1cc2ccccc2c(NCC2COCCO2)n1. The van der Waals surface area contributed by atoms with Crippen LogP contribution in [0.1, 0.15) is 10.5 Å². The second kappa shape index (κ2) is 6.07. The van der Waals surface area contributed by atoms with E-state index in [4.69, 9.17) is 14.6 Å². The van der Waals surface area contributed by atoms with Crippen molar-refractivity contribution < 1.29 is 19.4 Å². The molecule has 0 radical (unpaired) electrons. The van der Waals surface area contributed by atoms with Crippen LogP contribution in [0, 0.1) is 0 Å². The Kier molecular flexibility index (Phi) is 3.98. The summed E-state index contributed by atoms with van der Waals surface area (Å²) in [5.41, 5.74) is 0.0250. The second-order valence-corrected chi connectivity index (χ2v) is 4.83. The third-order valence-electron chi connectivity index (χ3n) is 3.34. The summed E-state index contributed by atoms with van der Waals surface area (Å²) >= 11 is 0. The number of aromatic nitrogens is 1. The van der Waals surface area contributed by atoms with Crippen LogP contribution in [-0.4, -0.2) is 48.5 Å². The van der Waals surface area contributed by atoms with Gasteiger partial charge in [0.2, 0.25) is 0 Å². The Bertz CT molecular complexity index is 653. The number of benzene rings is 1. The highest BCUT2D eigenvalue weighted by molar-refractivity contribution is 5.97. The normalized spacial score (nSPS) is 18.6. The van der Waals surface area contributed by atoms with Crippen molar-refractivity contribution in [3.8, 4) is 0 Å². The smallest absolute Gasteiger partial charge is 0.354 e. The van der Waals surface area contributed by atoms with E-state index in [0.717, 1.165) is 10.8 Å². The molecule has 0 spiro atoms. The van der Waals surface area contributed by atoms with Crippen molar-refractivity contribution in [3.63, 3.8) is 0 Å². The Hall–Kier alpha value is -2.18. The van der Waals surface area contributed by atoms with E-state index in [9.17, 15) is 4.79 Å². The molecular weight excluding hydrogens is 272 g/mol. The van der Waals surface area contributed by atoms with Crippen molar-refractivity contribution in [2.75, 3.05) is 31.7 Å². The molecule has 1 atom stereocenters. The molecule has 2 heterocycles. The number of ether oxygens (including phenoxy) is 2. The van der Waals surface area contributed by atoms with Gasteiger partial charge in [0, 0.05) is 11.9 Å². The average Bonchev–Trinajstić information content (AvgIpc) is 2.53. The second-order valence-electron chi connectivity index (χ2n) is 4.83. The lowest BCUT2D eigenvalue weighted by Gasteiger charge is -2.23. The molecule has 2 N–H and O–H groups in total. The first-order valence-electron chi connectivity index (χ1n) is 6.80. The van der Waals surface area contributed by atoms with Crippen LogP contribution in [0.15, 0.2) is 30.3 Å². The number of pyridine rings is 1. The molecule has 0 amide bonds. The molecule has 0 aliphatic carbocycles. The number of nitrogens with one attached hydrogen (secondary N) is 1. The zero-order chi connectivity index (χ0) is 14.7. The molecule has 6 heteroatoms. The van der Waals surface area contributed by atoms with Gasteiger partial charge in [0.1, 0.15) is 5.82 Å². The number of rotatable bonds is 4. The van der Waals surface area contributed by atoms with E-state index < -0.39 is 5.97 Å². The highest BCUT2D eigenvalue weighted by Crippen LogP contribution is 2.22. The van der Waals surface area contributed by atoms with Gasteiger partial charge in [-0.1, -0.05) is 24.3 Å². The Morgan fingerprint density at radius 3 is 3.00 bits per heavy atom. The lowest BCUT2D eigenvalue weighted by atomic mass is 10.1. The fraction of sp³-hybridized carbons (Fsp3) is 0.333. The number of carbonyl (C=O) groups is 1. The molecule has 1 aromatic carbocycles. The molecule has 1 aliphatic heterocycles. The van der Waals surface area contributed by atoms with Crippen LogP contribution in [0.25, 0.3) is 10.8 Å². The van der Waals surface area contributed by atoms with Crippen molar-refractivity contribution >= 4 is 22.6 Å². The van der Waals surface area contributed by atoms with Gasteiger partial charge in [0.25, 0.3) is 0 Å². The van der Waals surface area contributed by atoms with Crippen LogP contribution in [0.2, 0.25) is 0 Å². The Morgan fingerprint density at radius 2 is 2.24 bits per heavy atom. The van der Waals surface area contributed by atoms with Gasteiger partial charge in [-0.15, -0.1) is 0 Å². The maximum absolute atomic E-state index is 11.2.